The van der Waals surface area contributed by atoms with Crippen molar-refractivity contribution in [2.24, 2.45) is 11.8 Å². The van der Waals surface area contributed by atoms with E-state index in [0.29, 0.717) is 37.0 Å². The van der Waals surface area contributed by atoms with Gasteiger partial charge in [0, 0.05) is 19.8 Å². The van der Waals surface area contributed by atoms with E-state index in [2.05, 4.69) is 10.3 Å². The second-order valence-electron chi connectivity index (χ2n) is 6.57. The molecule has 1 saturated heterocycles. The fourth-order valence-electron chi connectivity index (χ4n) is 3.34. The van der Waals surface area contributed by atoms with Gasteiger partial charge in [0.15, 0.2) is 0 Å². The summed E-state index contributed by atoms with van der Waals surface area (Å²) in [7, 11) is 0. The third-order valence-electron chi connectivity index (χ3n) is 4.86. The number of aliphatic carboxylic acids is 1. The maximum atomic E-state index is 12.4. The number of nitrogens with zero attached hydrogens (tertiary/aromatic N) is 1. The zero-order valence-corrected chi connectivity index (χ0v) is 14.6. The van der Waals surface area contributed by atoms with E-state index in [-0.39, 0.29) is 12.5 Å². The second kappa shape index (κ2) is 8.17. The predicted octanol–water partition coefficient (Wildman–Crippen LogP) is -0.0666. The monoisotopic (exact) mass is 375 g/mol. The molecule has 1 aromatic carbocycles. The summed E-state index contributed by atoms with van der Waals surface area (Å²) in [5.41, 5.74) is -0.855. The van der Waals surface area contributed by atoms with Gasteiger partial charge in [0.05, 0.1) is 16.8 Å². The number of H-pyrrole nitrogens is 1. The Kier molecular flexibility index (Phi) is 5.70. The lowest BCUT2D eigenvalue weighted by atomic mass is 9.86. The number of carboxylic acids is 1. The standard InChI is InChI=1S/C18H21N3O6/c22-15(19-9-13(17(24)25)11-5-7-27-8-6-11)10-21-16(23)12-3-1-2-4-14(12)20-18(21)26/h1-4,11,13H,5-10H2,(H,19,22)(H,20,26)(H,24,25). The molecule has 3 N–H and O–H groups in total. The van der Waals surface area contributed by atoms with Gasteiger partial charge in [-0.2, -0.15) is 0 Å². The van der Waals surface area contributed by atoms with Gasteiger partial charge in [0.1, 0.15) is 6.54 Å². The summed E-state index contributed by atoms with van der Waals surface area (Å²) in [6.45, 7) is 0.479. The van der Waals surface area contributed by atoms with E-state index < -0.39 is 35.6 Å². The fraction of sp³-hybridized carbons (Fsp3) is 0.444. The molecule has 0 aliphatic carbocycles. The van der Waals surface area contributed by atoms with Crippen LogP contribution in [0, 0.1) is 11.8 Å². The highest BCUT2D eigenvalue weighted by Gasteiger charge is 2.30. The van der Waals surface area contributed by atoms with Gasteiger partial charge in [-0.3, -0.25) is 19.0 Å². The summed E-state index contributed by atoms with van der Waals surface area (Å²) in [5.74, 6) is -2.38. The molecule has 9 heteroatoms. The average Bonchev–Trinajstić information content (AvgIpc) is 2.66. The van der Waals surface area contributed by atoms with Crippen LogP contribution in [0.4, 0.5) is 0 Å². The Morgan fingerprint density at radius 2 is 1.96 bits per heavy atom. The minimum Gasteiger partial charge on any atom is -0.481 e. The Bertz CT molecular complexity index is 957. The summed E-state index contributed by atoms with van der Waals surface area (Å²) < 4.78 is 6.05. The number of ether oxygens (including phenoxy) is 1. The number of amides is 1. The molecule has 0 spiro atoms. The zero-order chi connectivity index (χ0) is 19.4. The molecule has 0 saturated carbocycles. The first-order valence-corrected chi connectivity index (χ1v) is 8.76. The minimum absolute atomic E-state index is 0.0565. The fourth-order valence-corrected chi connectivity index (χ4v) is 3.34. The Balaban J connectivity index is 1.70. The number of carbonyl (C=O) groups excluding carboxylic acids is 1. The Labute approximate surface area is 154 Å². The van der Waals surface area contributed by atoms with Crippen LogP contribution in [-0.4, -0.2) is 46.3 Å². The van der Waals surface area contributed by atoms with Crippen molar-refractivity contribution in [1.29, 1.82) is 0 Å². The summed E-state index contributed by atoms with van der Waals surface area (Å²) >= 11 is 0. The van der Waals surface area contributed by atoms with E-state index in [1.807, 2.05) is 0 Å². The van der Waals surface area contributed by atoms with Crippen molar-refractivity contribution in [3.63, 3.8) is 0 Å². The highest BCUT2D eigenvalue weighted by molar-refractivity contribution is 5.79. The SMILES string of the molecule is O=C(Cn1c(=O)[nH]c2ccccc2c1=O)NCC(C(=O)O)C1CCOCC1. The molecule has 9 nitrogen and oxygen atoms in total. The maximum absolute atomic E-state index is 12.4. The number of aromatic nitrogens is 2. The van der Waals surface area contributed by atoms with Gasteiger partial charge in [0.2, 0.25) is 5.91 Å². The van der Waals surface area contributed by atoms with Crippen LogP contribution in [0.2, 0.25) is 0 Å². The van der Waals surface area contributed by atoms with Crippen molar-refractivity contribution in [1.82, 2.24) is 14.9 Å². The van der Waals surface area contributed by atoms with E-state index in [1.165, 1.54) is 0 Å². The van der Waals surface area contributed by atoms with E-state index in [1.54, 1.807) is 24.3 Å². The molecule has 1 aliphatic rings. The third-order valence-corrected chi connectivity index (χ3v) is 4.86. The first kappa shape index (κ1) is 18.8. The number of hydrogen-bond acceptors (Lipinski definition) is 5. The molecule has 0 bridgehead atoms. The van der Waals surface area contributed by atoms with Crippen LogP contribution in [0.3, 0.4) is 0 Å². The van der Waals surface area contributed by atoms with Crippen LogP contribution in [0.5, 0.6) is 0 Å². The minimum atomic E-state index is -0.983. The summed E-state index contributed by atoms with van der Waals surface area (Å²) in [4.78, 5) is 50.8. The van der Waals surface area contributed by atoms with Gasteiger partial charge in [-0.25, -0.2) is 4.79 Å². The van der Waals surface area contributed by atoms with Gasteiger partial charge in [-0.15, -0.1) is 0 Å². The number of benzene rings is 1. The van der Waals surface area contributed by atoms with E-state index >= 15 is 0 Å². The van der Waals surface area contributed by atoms with Gasteiger partial charge < -0.3 is 20.1 Å². The van der Waals surface area contributed by atoms with E-state index in [9.17, 15) is 24.3 Å². The summed E-state index contributed by atoms with van der Waals surface area (Å²) in [6.07, 6.45) is 1.24. The molecule has 1 aromatic heterocycles. The molecular formula is C18H21N3O6. The van der Waals surface area contributed by atoms with Crippen LogP contribution < -0.4 is 16.6 Å². The molecule has 1 fully saturated rings. The largest absolute Gasteiger partial charge is 0.481 e. The van der Waals surface area contributed by atoms with E-state index in [0.717, 1.165) is 4.57 Å². The average molecular weight is 375 g/mol. The van der Waals surface area contributed by atoms with Crippen LogP contribution >= 0.6 is 0 Å². The molecule has 1 unspecified atom stereocenters. The number of rotatable bonds is 6. The molecule has 3 rings (SSSR count). The Morgan fingerprint density at radius 1 is 1.26 bits per heavy atom. The number of carboxylic acid groups (broad SMARTS) is 1. The lowest BCUT2D eigenvalue weighted by molar-refractivity contribution is -0.145. The molecule has 2 aromatic rings. The molecule has 1 amide bonds. The quantitative estimate of drug-likeness (QED) is 0.648. The number of hydrogen-bond donors (Lipinski definition) is 3. The van der Waals surface area contributed by atoms with Crippen LogP contribution in [0.15, 0.2) is 33.9 Å². The van der Waals surface area contributed by atoms with Crippen molar-refractivity contribution in [3.8, 4) is 0 Å². The molecule has 2 heterocycles. The number of fused-ring (bicyclic) bond motifs is 1. The third kappa shape index (κ3) is 4.25. The predicted molar refractivity (Wildman–Crippen MR) is 96.5 cm³/mol. The number of para-hydroxylation sites is 1. The summed E-state index contributed by atoms with van der Waals surface area (Å²) in [6, 6.07) is 6.52. The van der Waals surface area contributed by atoms with Crippen molar-refractivity contribution >= 4 is 22.8 Å². The normalized spacial score (nSPS) is 16.1. The molecule has 0 radical (unpaired) electrons. The van der Waals surface area contributed by atoms with Crippen LogP contribution in [-0.2, 0) is 20.9 Å². The maximum Gasteiger partial charge on any atom is 0.329 e. The van der Waals surface area contributed by atoms with Crippen molar-refractivity contribution in [2.75, 3.05) is 19.8 Å². The lowest BCUT2D eigenvalue weighted by Crippen LogP contribution is -2.43. The first-order chi connectivity index (χ1) is 13.0. The number of nitrogens with one attached hydrogen (secondary N) is 2. The van der Waals surface area contributed by atoms with Gasteiger partial charge in [0.25, 0.3) is 5.56 Å². The number of aromatic amines is 1. The highest BCUT2D eigenvalue weighted by atomic mass is 16.5. The van der Waals surface area contributed by atoms with Crippen LogP contribution in [0.25, 0.3) is 10.9 Å². The van der Waals surface area contributed by atoms with Crippen molar-refractivity contribution in [3.05, 3.63) is 45.1 Å². The molecule has 27 heavy (non-hydrogen) atoms. The molecule has 1 atom stereocenters. The first-order valence-electron chi connectivity index (χ1n) is 8.76. The van der Waals surface area contributed by atoms with Crippen LogP contribution in [0.1, 0.15) is 12.8 Å². The van der Waals surface area contributed by atoms with Crippen molar-refractivity contribution < 1.29 is 19.4 Å². The van der Waals surface area contributed by atoms with Gasteiger partial charge >= 0.3 is 11.7 Å². The molecular weight excluding hydrogens is 354 g/mol. The Morgan fingerprint density at radius 3 is 2.67 bits per heavy atom. The highest BCUT2D eigenvalue weighted by Crippen LogP contribution is 2.23. The second-order valence-corrected chi connectivity index (χ2v) is 6.57. The topological polar surface area (TPSA) is 130 Å². The number of carbonyl (C=O) groups is 2. The van der Waals surface area contributed by atoms with Crippen molar-refractivity contribution in [2.45, 2.75) is 19.4 Å². The van der Waals surface area contributed by atoms with Gasteiger partial charge in [-0.1, -0.05) is 12.1 Å². The zero-order valence-electron chi connectivity index (χ0n) is 14.6. The summed E-state index contributed by atoms with van der Waals surface area (Å²) in [5, 5.41) is 12.3. The Hall–Kier alpha value is -2.94. The smallest absolute Gasteiger partial charge is 0.329 e. The lowest BCUT2D eigenvalue weighted by Gasteiger charge is -2.27. The molecule has 1 aliphatic heterocycles. The van der Waals surface area contributed by atoms with Gasteiger partial charge in [-0.05, 0) is 30.9 Å². The van der Waals surface area contributed by atoms with E-state index in [4.69, 9.17) is 4.74 Å². The molecule has 144 valence electrons.